The normalized spacial score (nSPS) is 12.1. The number of hydrogen-bond acceptors (Lipinski definition) is 2. The van der Waals surface area contributed by atoms with Gasteiger partial charge in [0, 0.05) is 5.56 Å². The Labute approximate surface area is 128 Å². The minimum absolute atomic E-state index is 0.0756. The van der Waals surface area contributed by atoms with Crippen molar-refractivity contribution in [3.05, 3.63) is 33.8 Å². The van der Waals surface area contributed by atoms with Crippen LogP contribution in [0.25, 0.3) is 0 Å². The van der Waals surface area contributed by atoms with Crippen LogP contribution < -0.4 is 10.6 Å². The molecule has 0 saturated carbocycles. The lowest BCUT2D eigenvalue weighted by Gasteiger charge is -2.18. The van der Waals surface area contributed by atoms with Crippen LogP contribution in [0, 0.1) is 17.6 Å². The number of amides is 2. The summed E-state index contributed by atoms with van der Waals surface area (Å²) in [6.07, 6.45) is 0. The average molecular weight is 365 g/mol. The lowest BCUT2D eigenvalue weighted by molar-refractivity contribution is -0.140. The molecule has 0 fully saturated rings. The maximum absolute atomic E-state index is 13.7. The fraction of sp³-hybridized carbons (Fsp3) is 0.385. The van der Waals surface area contributed by atoms with Crippen LogP contribution in [-0.2, 0) is 11.3 Å². The number of urea groups is 1. The number of benzene rings is 1. The Balaban J connectivity index is 2.70. The zero-order chi connectivity index (χ0) is 16.2. The van der Waals surface area contributed by atoms with Gasteiger partial charge in [-0.25, -0.2) is 18.4 Å². The predicted octanol–water partition coefficient (Wildman–Crippen LogP) is 2.64. The Morgan fingerprint density at radius 1 is 1.33 bits per heavy atom. The topological polar surface area (TPSA) is 78.4 Å². The molecule has 0 aliphatic carbocycles. The summed E-state index contributed by atoms with van der Waals surface area (Å²) in [7, 11) is 0. The van der Waals surface area contributed by atoms with Gasteiger partial charge in [-0.1, -0.05) is 13.8 Å². The minimum Gasteiger partial charge on any atom is -0.480 e. The molecule has 1 aromatic rings. The molecule has 1 atom stereocenters. The summed E-state index contributed by atoms with van der Waals surface area (Å²) >= 11 is 2.92. The molecule has 0 radical (unpaired) electrons. The van der Waals surface area contributed by atoms with Gasteiger partial charge in [0.15, 0.2) is 0 Å². The van der Waals surface area contributed by atoms with E-state index in [0.717, 1.165) is 6.07 Å². The average Bonchev–Trinajstić information content (AvgIpc) is 2.39. The quantitative estimate of drug-likeness (QED) is 0.702. The summed E-state index contributed by atoms with van der Waals surface area (Å²) in [6, 6.07) is 0.390. The summed E-state index contributed by atoms with van der Waals surface area (Å²) < 4.78 is 27.2. The van der Waals surface area contributed by atoms with Gasteiger partial charge in [-0.05, 0) is 34.0 Å². The van der Waals surface area contributed by atoms with Crippen LogP contribution in [0.3, 0.4) is 0 Å². The number of aliphatic carboxylic acids is 1. The van der Waals surface area contributed by atoms with Crippen LogP contribution in [0.4, 0.5) is 13.6 Å². The highest BCUT2D eigenvalue weighted by Gasteiger charge is 2.23. The summed E-state index contributed by atoms with van der Waals surface area (Å²) in [5.41, 5.74) is -0.309. The second-order valence-corrected chi connectivity index (χ2v) is 5.56. The fourth-order valence-corrected chi connectivity index (χ4v) is 1.98. The number of carbonyl (C=O) groups excluding carboxylic acids is 1. The molecule has 0 bridgehead atoms. The monoisotopic (exact) mass is 364 g/mol. The van der Waals surface area contributed by atoms with E-state index < -0.39 is 36.2 Å². The first-order valence-corrected chi connectivity index (χ1v) is 6.92. The van der Waals surface area contributed by atoms with E-state index in [1.165, 1.54) is 6.07 Å². The van der Waals surface area contributed by atoms with Crippen molar-refractivity contribution in [1.29, 1.82) is 0 Å². The molecule has 1 unspecified atom stereocenters. The van der Waals surface area contributed by atoms with E-state index in [9.17, 15) is 18.4 Å². The summed E-state index contributed by atoms with van der Waals surface area (Å²) in [6.45, 7) is 2.87. The maximum atomic E-state index is 13.7. The Hall–Kier alpha value is -1.70. The maximum Gasteiger partial charge on any atom is 0.326 e. The molecule has 21 heavy (non-hydrogen) atoms. The number of rotatable bonds is 5. The molecule has 1 aromatic carbocycles. The van der Waals surface area contributed by atoms with E-state index >= 15 is 0 Å². The highest BCUT2D eigenvalue weighted by atomic mass is 79.9. The van der Waals surface area contributed by atoms with Gasteiger partial charge in [0.05, 0.1) is 11.0 Å². The zero-order valence-corrected chi connectivity index (χ0v) is 13.0. The largest absolute Gasteiger partial charge is 0.480 e. The van der Waals surface area contributed by atoms with Crippen LogP contribution in [-0.4, -0.2) is 23.1 Å². The molecular weight excluding hydrogens is 350 g/mol. The van der Waals surface area contributed by atoms with Crippen molar-refractivity contribution in [3.8, 4) is 0 Å². The van der Waals surface area contributed by atoms with Gasteiger partial charge >= 0.3 is 12.0 Å². The summed E-state index contributed by atoms with van der Waals surface area (Å²) in [5, 5.41) is 13.4. The van der Waals surface area contributed by atoms with Crippen molar-refractivity contribution in [1.82, 2.24) is 10.6 Å². The van der Waals surface area contributed by atoms with E-state index in [1.807, 2.05) is 0 Å². The third kappa shape index (κ3) is 4.66. The van der Waals surface area contributed by atoms with E-state index in [4.69, 9.17) is 5.11 Å². The Morgan fingerprint density at radius 3 is 2.48 bits per heavy atom. The van der Waals surface area contributed by atoms with Crippen LogP contribution in [0.15, 0.2) is 16.6 Å². The highest BCUT2D eigenvalue weighted by molar-refractivity contribution is 9.10. The molecule has 0 saturated heterocycles. The molecule has 2 amide bonds. The number of carboxylic acid groups (broad SMARTS) is 1. The second-order valence-electron chi connectivity index (χ2n) is 4.71. The molecule has 116 valence electrons. The molecule has 3 N–H and O–H groups in total. The number of hydrogen-bond donors (Lipinski definition) is 3. The molecule has 0 aromatic heterocycles. The van der Waals surface area contributed by atoms with Gasteiger partial charge < -0.3 is 15.7 Å². The molecular formula is C13H15BrF2N2O3. The van der Waals surface area contributed by atoms with Crippen molar-refractivity contribution in [2.75, 3.05) is 0 Å². The Kier molecular flexibility index (Phi) is 6.07. The first-order chi connectivity index (χ1) is 9.73. The molecule has 8 heteroatoms. The molecule has 0 aliphatic rings. The van der Waals surface area contributed by atoms with Gasteiger partial charge in [-0.2, -0.15) is 0 Å². The van der Waals surface area contributed by atoms with E-state index in [2.05, 4.69) is 26.6 Å². The van der Waals surface area contributed by atoms with Crippen LogP contribution >= 0.6 is 15.9 Å². The van der Waals surface area contributed by atoms with Crippen LogP contribution in [0.1, 0.15) is 19.4 Å². The fourth-order valence-electron chi connectivity index (χ4n) is 1.61. The predicted molar refractivity (Wildman–Crippen MR) is 75.7 cm³/mol. The SMILES string of the molecule is CC(C)C(NC(=O)NCc1c(F)ccc(Br)c1F)C(=O)O. The Morgan fingerprint density at radius 2 is 1.95 bits per heavy atom. The van der Waals surface area contributed by atoms with Crippen molar-refractivity contribution >= 4 is 27.9 Å². The third-order valence-electron chi connectivity index (χ3n) is 2.78. The Bertz CT molecular complexity index is 552. The molecule has 5 nitrogen and oxygen atoms in total. The van der Waals surface area contributed by atoms with Gasteiger partial charge in [0.25, 0.3) is 0 Å². The van der Waals surface area contributed by atoms with E-state index in [1.54, 1.807) is 13.8 Å². The zero-order valence-electron chi connectivity index (χ0n) is 11.4. The molecule has 0 heterocycles. The lowest BCUT2D eigenvalue weighted by Crippen LogP contribution is -2.48. The molecule has 1 rings (SSSR count). The standard InChI is InChI=1S/C13H15BrF2N2O3/c1-6(2)11(12(19)20)18-13(21)17-5-7-9(15)4-3-8(14)10(7)16/h3-4,6,11H,5H2,1-2H3,(H,19,20)(H2,17,18,21). The van der Waals surface area contributed by atoms with Gasteiger partial charge in [-0.3, -0.25) is 0 Å². The van der Waals surface area contributed by atoms with Gasteiger partial charge in [-0.15, -0.1) is 0 Å². The number of carboxylic acids is 1. The van der Waals surface area contributed by atoms with Crippen molar-refractivity contribution < 1.29 is 23.5 Å². The first-order valence-electron chi connectivity index (χ1n) is 6.13. The second kappa shape index (κ2) is 7.35. The number of carbonyl (C=O) groups is 2. The summed E-state index contributed by atoms with van der Waals surface area (Å²) in [5.74, 6) is -3.11. The van der Waals surface area contributed by atoms with Gasteiger partial charge in [0.1, 0.15) is 17.7 Å². The lowest BCUT2D eigenvalue weighted by atomic mass is 10.1. The molecule has 0 aliphatic heterocycles. The van der Waals surface area contributed by atoms with Crippen molar-refractivity contribution in [3.63, 3.8) is 0 Å². The van der Waals surface area contributed by atoms with Crippen LogP contribution in [0.2, 0.25) is 0 Å². The third-order valence-corrected chi connectivity index (χ3v) is 3.40. The first kappa shape index (κ1) is 17.4. The molecule has 0 spiro atoms. The van der Waals surface area contributed by atoms with Gasteiger partial charge in [0.2, 0.25) is 0 Å². The number of halogens is 3. The van der Waals surface area contributed by atoms with Crippen molar-refractivity contribution in [2.24, 2.45) is 5.92 Å². The van der Waals surface area contributed by atoms with E-state index in [-0.39, 0.29) is 16.0 Å². The number of nitrogens with one attached hydrogen (secondary N) is 2. The minimum atomic E-state index is -1.18. The van der Waals surface area contributed by atoms with Crippen LogP contribution in [0.5, 0.6) is 0 Å². The van der Waals surface area contributed by atoms with Crippen molar-refractivity contribution in [2.45, 2.75) is 26.4 Å². The van der Waals surface area contributed by atoms with E-state index in [0.29, 0.717) is 0 Å². The smallest absolute Gasteiger partial charge is 0.326 e. The summed E-state index contributed by atoms with van der Waals surface area (Å²) in [4.78, 5) is 22.5. The highest BCUT2D eigenvalue weighted by Crippen LogP contribution is 2.21.